The minimum absolute atomic E-state index is 0.283. The molecule has 31 heavy (non-hydrogen) atoms. The second-order valence-corrected chi connectivity index (χ2v) is 8.29. The Morgan fingerprint density at radius 3 is 2.77 bits per heavy atom. The van der Waals surface area contributed by atoms with Crippen LogP contribution >= 0.6 is 11.8 Å². The Kier molecular flexibility index (Phi) is 7.57. The van der Waals surface area contributed by atoms with Crippen LogP contribution in [0.2, 0.25) is 0 Å². The average molecular weight is 444 g/mol. The molecule has 2 aromatic carbocycles. The zero-order valence-corrected chi connectivity index (χ0v) is 18.2. The van der Waals surface area contributed by atoms with Crippen molar-refractivity contribution in [3.8, 4) is 5.75 Å². The zero-order chi connectivity index (χ0) is 22.4. The highest BCUT2D eigenvalue weighted by Gasteiger charge is 2.27. The topological polar surface area (TPSA) is 102 Å². The molecule has 1 aliphatic heterocycles. The van der Waals surface area contributed by atoms with Gasteiger partial charge in [0.15, 0.2) is 6.61 Å². The summed E-state index contributed by atoms with van der Waals surface area (Å²) < 4.78 is 11.2. The summed E-state index contributed by atoms with van der Waals surface area (Å²) in [6, 6.07) is 11.9. The quantitative estimate of drug-likeness (QED) is 0.574. The third-order valence-electron chi connectivity index (χ3n) is 5.07. The highest BCUT2D eigenvalue weighted by atomic mass is 32.2. The lowest BCUT2D eigenvalue weighted by atomic mass is 9.94. The number of carboxylic acids is 1. The molecule has 7 nitrogen and oxygen atoms in total. The van der Waals surface area contributed by atoms with E-state index in [2.05, 4.69) is 5.32 Å². The van der Waals surface area contributed by atoms with Crippen LogP contribution < -0.4 is 10.1 Å². The molecule has 0 bridgehead atoms. The number of thioether (sulfide) groups is 1. The van der Waals surface area contributed by atoms with E-state index in [1.807, 2.05) is 43.5 Å². The molecule has 2 N–H and O–H groups in total. The number of carbonyl (C=O) groups is 3. The average Bonchev–Trinajstić information content (AvgIpc) is 2.75. The number of fused-ring (bicyclic) bond motifs is 1. The van der Waals surface area contributed by atoms with Crippen molar-refractivity contribution >= 4 is 29.6 Å². The van der Waals surface area contributed by atoms with Gasteiger partial charge in [-0.2, -0.15) is 11.8 Å². The van der Waals surface area contributed by atoms with E-state index >= 15 is 0 Å². The van der Waals surface area contributed by atoms with Crippen LogP contribution in [0.5, 0.6) is 5.75 Å². The first-order valence-electron chi connectivity index (χ1n) is 9.92. The molecule has 0 spiro atoms. The highest BCUT2D eigenvalue weighted by Crippen LogP contribution is 2.32. The first-order chi connectivity index (χ1) is 14.9. The van der Waals surface area contributed by atoms with Crippen molar-refractivity contribution in [3.63, 3.8) is 0 Å². The Bertz CT molecular complexity index is 976. The van der Waals surface area contributed by atoms with Crippen molar-refractivity contribution in [1.82, 2.24) is 5.32 Å². The van der Waals surface area contributed by atoms with Crippen LogP contribution in [0, 0.1) is 6.92 Å². The minimum atomic E-state index is -1.06. The molecule has 2 aromatic rings. The second kappa shape index (κ2) is 10.3. The maximum Gasteiger partial charge on any atom is 0.339 e. The van der Waals surface area contributed by atoms with E-state index in [9.17, 15) is 19.5 Å². The van der Waals surface area contributed by atoms with E-state index in [0.717, 1.165) is 16.7 Å². The van der Waals surface area contributed by atoms with Crippen LogP contribution in [0.25, 0.3) is 0 Å². The van der Waals surface area contributed by atoms with Gasteiger partial charge >= 0.3 is 11.9 Å². The molecule has 3 rings (SSSR count). The lowest BCUT2D eigenvalue weighted by molar-refractivity contribution is -0.142. The van der Waals surface area contributed by atoms with Gasteiger partial charge < -0.3 is 19.9 Å². The van der Waals surface area contributed by atoms with E-state index in [1.165, 1.54) is 11.8 Å². The van der Waals surface area contributed by atoms with Crippen LogP contribution in [0.4, 0.5) is 0 Å². The fraction of sp³-hybridized carbons (Fsp3) is 0.348. The number of esters is 1. The minimum Gasteiger partial charge on any atom is -0.484 e. The molecule has 1 amide bonds. The van der Waals surface area contributed by atoms with Gasteiger partial charge in [0.25, 0.3) is 5.91 Å². The maximum absolute atomic E-state index is 12.3. The normalized spacial score (nSPS) is 16.1. The number of cyclic esters (lactones) is 1. The standard InChI is InChI=1S/C23H25NO6S/c1-14-11-16(20-12-15-5-3-4-6-17(15)23(28)30-20)7-8-19(14)29-13-21(25)24-18(22(26)27)9-10-31-2/h3-8,11,18,20H,9-10,12-13H2,1-2H3,(H,24,25)(H,26,27)/t18-,20-/m1/s1. The lowest BCUT2D eigenvalue weighted by Gasteiger charge is -2.25. The number of rotatable bonds is 9. The van der Waals surface area contributed by atoms with Gasteiger partial charge in [-0.1, -0.05) is 24.3 Å². The van der Waals surface area contributed by atoms with Gasteiger partial charge in [0.05, 0.1) is 5.56 Å². The molecule has 2 atom stereocenters. The zero-order valence-electron chi connectivity index (χ0n) is 17.4. The van der Waals surface area contributed by atoms with Gasteiger partial charge in [0.1, 0.15) is 17.9 Å². The van der Waals surface area contributed by atoms with Crippen molar-refractivity contribution in [2.45, 2.75) is 31.9 Å². The predicted octanol–water partition coefficient (Wildman–Crippen LogP) is 3.15. The Balaban J connectivity index is 1.60. The van der Waals surface area contributed by atoms with Crippen LogP contribution in [0.3, 0.4) is 0 Å². The molecule has 1 aliphatic rings. The number of aryl methyl sites for hydroxylation is 1. The predicted molar refractivity (Wildman–Crippen MR) is 118 cm³/mol. The van der Waals surface area contributed by atoms with Gasteiger partial charge in [-0.25, -0.2) is 9.59 Å². The van der Waals surface area contributed by atoms with Crippen LogP contribution in [-0.4, -0.2) is 47.6 Å². The largest absolute Gasteiger partial charge is 0.484 e. The van der Waals surface area contributed by atoms with Gasteiger partial charge in [-0.3, -0.25) is 4.79 Å². The van der Waals surface area contributed by atoms with Gasteiger partial charge in [0, 0.05) is 6.42 Å². The Morgan fingerprint density at radius 1 is 1.29 bits per heavy atom. The number of hydrogen-bond donors (Lipinski definition) is 2. The SMILES string of the molecule is CSCC[C@@H](NC(=O)COc1ccc([C@H]2Cc3ccccc3C(=O)O2)cc1C)C(=O)O. The molecule has 0 aromatic heterocycles. The molecule has 164 valence electrons. The number of ether oxygens (including phenoxy) is 2. The van der Waals surface area contributed by atoms with Crippen LogP contribution in [-0.2, 0) is 20.7 Å². The monoisotopic (exact) mass is 443 g/mol. The highest BCUT2D eigenvalue weighted by molar-refractivity contribution is 7.98. The number of nitrogens with one attached hydrogen (secondary N) is 1. The van der Waals surface area contributed by atoms with E-state index in [0.29, 0.717) is 29.9 Å². The molecule has 0 aliphatic carbocycles. The van der Waals surface area contributed by atoms with E-state index in [4.69, 9.17) is 9.47 Å². The smallest absolute Gasteiger partial charge is 0.339 e. The third-order valence-corrected chi connectivity index (χ3v) is 5.71. The number of benzene rings is 2. The second-order valence-electron chi connectivity index (χ2n) is 7.31. The lowest BCUT2D eigenvalue weighted by Crippen LogP contribution is -2.43. The fourth-order valence-corrected chi connectivity index (χ4v) is 3.90. The summed E-state index contributed by atoms with van der Waals surface area (Å²) in [5, 5.41) is 11.7. The number of amides is 1. The number of aliphatic carboxylic acids is 1. The van der Waals surface area contributed by atoms with Gasteiger partial charge in [-0.15, -0.1) is 0 Å². The van der Waals surface area contributed by atoms with E-state index in [1.54, 1.807) is 12.1 Å². The van der Waals surface area contributed by atoms with Crippen molar-refractivity contribution in [1.29, 1.82) is 0 Å². The van der Waals surface area contributed by atoms with Gasteiger partial charge in [-0.05, 0) is 60.2 Å². The van der Waals surface area contributed by atoms with E-state index in [-0.39, 0.29) is 18.7 Å². The molecule has 0 saturated carbocycles. The van der Waals surface area contributed by atoms with Crippen molar-refractivity contribution in [3.05, 3.63) is 64.7 Å². The Labute approximate surface area is 185 Å². The third kappa shape index (κ3) is 5.79. The molecule has 0 fully saturated rings. The summed E-state index contributed by atoms with van der Waals surface area (Å²) in [6.07, 6.45) is 2.44. The van der Waals surface area contributed by atoms with E-state index < -0.39 is 17.9 Å². The van der Waals surface area contributed by atoms with Crippen molar-refractivity contribution in [2.75, 3.05) is 18.6 Å². The maximum atomic E-state index is 12.3. The number of carbonyl (C=O) groups excluding carboxylic acids is 2. The van der Waals surface area contributed by atoms with Crippen LogP contribution in [0.15, 0.2) is 42.5 Å². The molecule has 0 radical (unpaired) electrons. The van der Waals surface area contributed by atoms with Crippen LogP contribution in [0.1, 0.15) is 39.6 Å². The first-order valence-corrected chi connectivity index (χ1v) is 11.3. The summed E-state index contributed by atoms with van der Waals surface area (Å²) in [5.41, 5.74) is 3.18. The molecular formula is C23H25NO6S. The Hall–Kier alpha value is -3.00. The fourth-order valence-electron chi connectivity index (χ4n) is 3.42. The summed E-state index contributed by atoms with van der Waals surface area (Å²) in [5.74, 6) is -0.746. The Morgan fingerprint density at radius 2 is 2.06 bits per heavy atom. The van der Waals surface area contributed by atoms with Gasteiger partial charge in [0.2, 0.25) is 0 Å². The number of carboxylic acid groups (broad SMARTS) is 1. The molecule has 0 saturated heterocycles. The molecule has 1 heterocycles. The molecular weight excluding hydrogens is 418 g/mol. The summed E-state index contributed by atoms with van der Waals surface area (Å²) >= 11 is 1.52. The summed E-state index contributed by atoms with van der Waals surface area (Å²) in [7, 11) is 0. The molecule has 8 heteroatoms. The first kappa shape index (κ1) is 22.7. The summed E-state index contributed by atoms with van der Waals surface area (Å²) in [6.45, 7) is 1.56. The van der Waals surface area contributed by atoms with Crippen molar-refractivity contribution in [2.24, 2.45) is 0 Å². The summed E-state index contributed by atoms with van der Waals surface area (Å²) in [4.78, 5) is 35.6. The number of hydrogen-bond acceptors (Lipinski definition) is 6. The molecule has 0 unspecified atom stereocenters. The van der Waals surface area contributed by atoms with Crippen molar-refractivity contribution < 1.29 is 29.0 Å².